The number of amides is 2. The molecule has 1 aromatic heterocycles. The van der Waals surface area contributed by atoms with Crippen molar-refractivity contribution in [2.75, 3.05) is 0 Å². The van der Waals surface area contributed by atoms with Gasteiger partial charge in [-0.25, -0.2) is 4.39 Å². The number of hydrogen-bond donors (Lipinski definition) is 3. The van der Waals surface area contributed by atoms with Gasteiger partial charge < -0.3 is 15.7 Å². The summed E-state index contributed by atoms with van der Waals surface area (Å²) in [6.45, 7) is 3.63. The first-order chi connectivity index (χ1) is 16.1. The van der Waals surface area contributed by atoms with E-state index in [1.807, 2.05) is 42.8 Å². The van der Waals surface area contributed by atoms with E-state index in [9.17, 15) is 18.8 Å². The number of benzene rings is 2. The minimum atomic E-state index is -1.06. The van der Waals surface area contributed by atoms with Crippen molar-refractivity contribution in [3.05, 3.63) is 82.3 Å². The molecule has 0 saturated carbocycles. The number of thiophene rings is 1. The number of halogens is 1. The molecule has 0 radical (unpaired) electrons. The molecule has 0 unspecified atom stereocenters. The normalized spacial score (nSPS) is 12.1. The highest BCUT2D eigenvalue weighted by Gasteiger charge is 2.28. The van der Waals surface area contributed by atoms with Crippen molar-refractivity contribution < 1.29 is 23.9 Å². The molecule has 6 nitrogen and oxygen atoms in total. The number of carbonyl (C=O) groups excluding carboxylic acids is 2. The molecule has 0 aliphatic heterocycles. The molecule has 2 aromatic carbocycles. The van der Waals surface area contributed by atoms with Crippen molar-refractivity contribution in [3.8, 4) is 11.1 Å². The van der Waals surface area contributed by atoms with E-state index in [0.717, 1.165) is 16.7 Å². The Morgan fingerprint density at radius 2 is 1.68 bits per heavy atom. The Labute approximate surface area is 201 Å². The highest BCUT2D eigenvalue weighted by Crippen LogP contribution is 2.22. The van der Waals surface area contributed by atoms with Crippen molar-refractivity contribution >= 4 is 29.1 Å². The molecule has 3 rings (SSSR count). The van der Waals surface area contributed by atoms with Crippen LogP contribution >= 0.6 is 11.3 Å². The number of carboxylic acid groups (broad SMARTS) is 1. The number of rotatable bonds is 10. The lowest BCUT2D eigenvalue weighted by Crippen LogP contribution is -2.54. The fraction of sp³-hybridized carbons (Fsp3) is 0.269. The molecule has 34 heavy (non-hydrogen) atoms. The summed E-state index contributed by atoms with van der Waals surface area (Å²) < 4.78 is 13.2. The second kappa shape index (κ2) is 11.1. The topological polar surface area (TPSA) is 95.5 Å². The molecular weight excluding hydrogens is 455 g/mol. The Bertz CT molecular complexity index is 1130. The van der Waals surface area contributed by atoms with Crippen LogP contribution < -0.4 is 10.6 Å². The van der Waals surface area contributed by atoms with Crippen molar-refractivity contribution in [2.24, 2.45) is 0 Å². The summed E-state index contributed by atoms with van der Waals surface area (Å²) >= 11 is 1.58. The van der Waals surface area contributed by atoms with Crippen molar-refractivity contribution in [3.63, 3.8) is 0 Å². The summed E-state index contributed by atoms with van der Waals surface area (Å²) in [6.07, 6.45) is 0.114. The summed E-state index contributed by atoms with van der Waals surface area (Å²) in [4.78, 5) is 36.9. The zero-order valence-electron chi connectivity index (χ0n) is 19.0. The van der Waals surface area contributed by atoms with Gasteiger partial charge in [-0.05, 0) is 84.5 Å². The molecule has 3 aromatic rings. The lowest BCUT2D eigenvalue weighted by molar-refractivity contribution is -0.137. The molecule has 0 spiro atoms. The van der Waals surface area contributed by atoms with Crippen LogP contribution in [0.5, 0.6) is 0 Å². The maximum atomic E-state index is 13.2. The van der Waals surface area contributed by atoms with Crippen molar-refractivity contribution in [1.29, 1.82) is 0 Å². The van der Waals surface area contributed by atoms with Crippen LogP contribution in [-0.2, 0) is 16.0 Å². The van der Waals surface area contributed by atoms with Gasteiger partial charge in [0.15, 0.2) is 0 Å². The molecule has 1 atom stereocenters. The largest absolute Gasteiger partial charge is 0.481 e. The van der Waals surface area contributed by atoms with E-state index in [4.69, 9.17) is 5.11 Å². The van der Waals surface area contributed by atoms with Crippen LogP contribution in [0.25, 0.3) is 11.1 Å². The predicted molar refractivity (Wildman–Crippen MR) is 130 cm³/mol. The molecule has 178 valence electrons. The number of hydrogen-bond acceptors (Lipinski definition) is 4. The van der Waals surface area contributed by atoms with Crippen LogP contribution in [-0.4, -0.2) is 34.5 Å². The van der Waals surface area contributed by atoms with Crippen LogP contribution in [0.3, 0.4) is 0 Å². The Kier molecular flexibility index (Phi) is 8.17. The highest BCUT2D eigenvalue weighted by atomic mass is 32.1. The minimum absolute atomic E-state index is 0.0491. The third-order valence-electron chi connectivity index (χ3n) is 5.29. The summed E-state index contributed by atoms with van der Waals surface area (Å²) in [5.74, 6) is -2.33. The standard InChI is InChI=1S/C26H27FN2O4S/c1-26(2,15-17-3-9-21(27)10-4-17)29-25(33)22(11-12-23(30)31)28-24(32)19-7-5-18(6-8-19)20-13-14-34-16-20/h3-10,13-14,16,22H,11-12,15H2,1-2H3,(H,28,32)(H,29,33)(H,30,31)/t22-/m0/s1. The first-order valence-electron chi connectivity index (χ1n) is 10.8. The van der Waals surface area contributed by atoms with Crippen LogP contribution in [0.15, 0.2) is 65.4 Å². The van der Waals surface area contributed by atoms with E-state index in [1.54, 1.807) is 35.6 Å². The van der Waals surface area contributed by atoms with Gasteiger partial charge in [0.1, 0.15) is 11.9 Å². The van der Waals surface area contributed by atoms with Crippen LogP contribution in [0, 0.1) is 5.82 Å². The highest BCUT2D eigenvalue weighted by molar-refractivity contribution is 7.08. The Hall–Kier alpha value is -3.52. The van der Waals surface area contributed by atoms with Crippen LogP contribution in [0.1, 0.15) is 42.6 Å². The Morgan fingerprint density at radius 3 is 2.26 bits per heavy atom. The molecule has 1 heterocycles. The lowest BCUT2D eigenvalue weighted by Gasteiger charge is -2.29. The summed E-state index contributed by atoms with van der Waals surface area (Å²) in [5.41, 5.74) is 2.53. The van der Waals surface area contributed by atoms with Crippen molar-refractivity contribution in [1.82, 2.24) is 10.6 Å². The monoisotopic (exact) mass is 482 g/mol. The maximum Gasteiger partial charge on any atom is 0.303 e. The maximum absolute atomic E-state index is 13.2. The van der Waals surface area contributed by atoms with Gasteiger partial charge in [0.25, 0.3) is 5.91 Å². The number of carboxylic acids is 1. The zero-order chi connectivity index (χ0) is 24.7. The summed E-state index contributed by atoms with van der Waals surface area (Å²) in [5, 5.41) is 18.6. The van der Waals surface area contributed by atoms with Gasteiger partial charge in [-0.2, -0.15) is 11.3 Å². The quantitative estimate of drug-likeness (QED) is 0.392. The van der Waals surface area contributed by atoms with Gasteiger partial charge in [-0.1, -0.05) is 24.3 Å². The SMILES string of the molecule is CC(C)(Cc1ccc(F)cc1)NC(=O)[C@H](CCC(=O)O)NC(=O)c1ccc(-c2ccsc2)cc1. The smallest absolute Gasteiger partial charge is 0.303 e. The van der Waals surface area contributed by atoms with Gasteiger partial charge in [0.2, 0.25) is 5.91 Å². The van der Waals surface area contributed by atoms with E-state index >= 15 is 0 Å². The predicted octanol–water partition coefficient (Wildman–Crippen LogP) is 4.65. The summed E-state index contributed by atoms with van der Waals surface area (Å²) in [7, 11) is 0. The number of nitrogens with one attached hydrogen (secondary N) is 2. The van der Waals surface area contributed by atoms with Gasteiger partial charge in [-0.3, -0.25) is 14.4 Å². The number of carbonyl (C=O) groups is 3. The van der Waals surface area contributed by atoms with Crippen LogP contribution in [0.4, 0.5) is 4.39 Å². The average Bonchev–Trinajstić information content (AvgIpc) is 3.32. The van der Waals surface area contributed by atoms with Crippen LogP contribution in [0.2, 0.25) is 0 Å². The Balaban J connectivity index is 1.68. The molecule has 8 heteroatoms. The van der Waals surface area contributed by atoms with E-state index < -0.39 is 29.4 Å². The van der Waals surface area contributed by atoms with Crippen molar-refractivity contribution in [2.45, 2.75) is 44.7 Å². The fourth-order valence-corrected chi connectivity index (χ4v) is 4.26. The zero-order valence-corrected chi connectivity index (χ0v) is 19.8. The molecule has 2 amide bonds. The first-order valence-corrected chi connectivity index (χ1v) is 11.8. The van der Waals surface area contributed by atoms with E-state index in [0.29, 0.717) is 12.0 Å². The van der Waals surface area contributed by atoms with Gasteiger partial charge in [0.05, 0.1) is 0 Å². The van der Waals surface area contributed by atoms with E-state index in [2.05, 4.69) is 10.6 Å². The van der Waals surface area contributed by atoms with Gasteiger partial charge in [0, 0.05) is 17.5 Å². The molecular formula is C26H27FN2O4S. The fourth-order valence-electron chi connectivity index (χ4n) is 3.60. The van der Waals surface area contributed by atoms with Gasteiger partial charge in [-0.15, -0.1) is 0 Å². The molecule has 0 fully saturated rings. The molecule has 0 saturated heterocycles. The lowest BCUT2D eigenvalue weighted by atomic mass is 9.94. The second-order valence-electron chi connectivity index (χ2n) is 8.72. The average molecular weight is 483 g/mol. The molecule has 3 N–H and O–H groups in total. The second-order valence-corrected chi connectivity index (χ2v) is 9.50. The number of aliphatic carboxylic acids is 1. The summed E-state index contributed by atoms with van der Waals surface area (Å²) in [6, 6.07) is 14.0. The molecule has 0 bridgehead atoms. The third kappa shape index (κ3) is 7.25. The molecule has 0 aliphatic rings. The molecule has 0 aliphatic carbocycles. The van der Waals surface area contributed by atoms with E-state index in [1.165, 1.54) is 12.1 Å². The third-order valence-corrected chi connectivity index (χ3v) is 5.97. The first kappa shape index (κ1) is 25.1. The van der Waals surface area contributed by atoms with E-state index in [-0.39, 0.29) is 18.7 Å². The van der Waals surface area contributed by atoms with Gasteiger partial charge >= 0.3 is 5.97 Å². The Morgan fingerprint density at radius 1 is 1.00 bits per heavy atom. The minimum Gasteiger partial charge on any atom is -0.481 e.